The molecule has 2 rings (SSSR count). The molecule has 0 amide bonds. The van der Waals surface area contributed by atoms with Crippen molar-refractivity contribution in [2.24, 2.45) is 5.73 Å². The van der Waals surface area contributed by atoms with Gasteiger partial charge in [-0.25, -0.2) is 0 Å². The molecule has 0 aromatic heterocycles. The van der Waals surface area contributed by atoms with Crippen molar-refractivity contribution in [1.29, 1.82) is 0 Å². The van der Waals surface area contributed by atoms with E-state index in [2.05, 4.69) is 49.9 Å². The number of anilines is 2. The van der Waals surface area contributed by atoms with Crippen LogP contribution in [-0.2, 0) is 0 Å². The van der Waals surface area contributed by atoms with Gasteiger partial charge in [0.1, 0.15) is 4.99 Å². The van der Waals surface area contributed by atoms with Gasteiger partial charge in [0.25, 0.3) is 0 Å². The van der Waals surface area contributed by atoms with Gasteiger partial charge in [-0.1, -0.05) is 24.4 Å². The van der Waals surface area contributed by atoms with Crippen molar-refractivity contribution in [3.8, 4) is 0 Å². The summed E-state index contributed by atoms with van der Waals surface area (Å²) in [5, 5.41) is 0. The first-order valence-electron chi connectivity index (χ1n) is 6.61. The zero-order valence-corrected chi connectivity index (χ0v) is 13.2. The van der Waals surface area contributed by atoms with Crippen LogP contribution in [-0.4, -0.2) is 12.0 Å². The fourth-order valence-electron chi connectivity index (χ4n) is 2.41. The second-order valence-electron chi connectivity index (χ2n) is 5.29. The summed E-state index contributed by atoms with van der Waals surface area (Å²) in [7, 11) is 2.05. The van der Waals surface area contributed by atoms with Crippen LogP contribution in [0.25, 0.3) is 0 Å². The Morgan fingerprint density at radius 2 is 1.55 bits per heavy atom. The normalized spacial score (nSPS) is 10.4. The Morgan fingerprint density at radius 3 is 2.10 bits per heavy atom. The molecule has 2 aromatic rings. The molecule has 0 fully saturated rings. The first-order valence-corrected chi connectivity index (χ1v) is 7.02. The lowest BCUT2D eigenvalue weighted by Crippen LogP contribution is -2.18. The molecule has 2 aromatic carbocycles. The third kappa shape index (κ3) is 2.99. The highest BCUT2D eigenvalue weighted by Gasteiger charge is 2.12. The monoisotopic (exact) mass is 284 g/mol. The standard InChI is InChI=1S/C17H20N2S/c1-11-5-6-15(17(18)20)16(10-11)19(4)14-8-12(2)7-13(3)9-14/h5-10H,1-4H3,(H2,18,20). The Bertz CT molecular complexity index is 642. The maximum absolute atomic E-state index is 5.85. The minimum absolute atomic E-state index is 0.427. The highest BCUT2D eigenvalue weighted by molar-refractivity contribution is 7.80. The van der Waals surface area contributed by atoms with Crippen LogP contribution in [0.1, 0.15) is 22.3 Å². The number of aryl methyl sites for hydroxylation is 3. The molecule has 0 saturated carbocycles. The maximum Gasteiger partial charge on any atom is 0.106 e. The molecule has 0 heterocycles. The molecule has 0 aliphatic carbocycles. The molecule has 0 unspecified atom stereocenters. The van der Waals surface area contributed by atoms with E-state index in [0.717, 1.165) is 16.9 Å². The third-order valence-corrected chi connectivity index (χ3v) is 3.59. The average molecular weight is 284 g/mol. The minimum atomic E-state index is 0.427. The summed E-state index contributed by atoms with van der Waals surface area (Å²) in [6, 6.07) is 12.6. The number of nitrogens with two attached hydrogens (primary N) is 1. The fourth-order valence-corrected chi connectivity index (χ4v) is 2.58. The van der Waals surface area contributed by atoms with E-state index in [4.69, 9.17) is 18.0 Å². The molecular formula is C17H20N2S. The van der Waals surface area contributed by atoms with Gasteiger partial charge in [-0.15, -0.1) is 0 Å². The number of benzene rings is 2. The summed E-state index contributed by atoms with van der Waals surface area (Å²) in [6.07, 6.45) is 0. The molecule has 3 heteroatoms. The van der Waals surface area contributed by atoms with Crippen LogP contribution in [0.2, 0.25) is 0 Å². The van der Waals surface area contributed by atoms with Crippen molar-refractivity contribution in [3.63, 3.8) is 0 Å². The highest BCUT2D eigenvalue weighted by atomic mass is 32.1. The smallest absolute Gasteiger partial charge is 0.106 e. The van der Waals surface area contributed by atoms with Gasteiger partial charge in [-0.3, -0.25) is 0 Å². The molecule has 0 bridgehead atoms. The summed E-state index contributed by atoms with van der Waals surface area (Å²) in [4.78, 5) is 2.57. The Balaban J connectivity index is 2.54. The number of thiocarbonyl (C=S) groups is 1. The van der Waals surface area contributed by atoms with E-state index in [1.165, 1.54) is 16.7 Å². The van der Waals surface area contributed by atoms with Crippen molar-refractivity contribution in [3.05, 3.63) is 58.7 Å². The Labute approximate surface area is 126 Å². The molecule has 0 radical (unpaired) electrons. The van der Waals surface area contributed by atoms with Crippen LogP contribution < -0.4 is 10.6 Å². The maximum atomic E-state index is 5.85. The third-order valence-electron chi connectivity index (χ3n) is 3.37. The number of nitrogens with zero attached hydrogens (tertiary/aromatic N) is 1. The Kier molecular flexibility index (Phi) is 4.09. The molecule has 0 spiro atoms. The summed E-state index contributed by atoms with van der Waals surface area (Å²) < 4.78 is 0. The zero-order chi connectivity index (χ0) is 14.9. The van der Waals surface area contributed by atoms with Gasteiger partial charge in [-0.05, 0) is 61.7 Å². The Hall–Kier alpha value is -1.87. The molecule has 2 nitrogen and oxygen atoms in total. The summed E-state index contributed by atoms with van der Waals surface area (Å²) >= 11 is 5.16. The largest absolute Gasteiger partial charge is 0.389 e. The predicted octanol–water partition coefficient (Wildman–Crippen LogP) is 4.01. The van der Waals surface area contributed by atoms with E-state index in [1.807, 2.05) is 19.2 Å². The number of hydrogen-bond acceptors (Lipinski definition) is 2. The zero-order valence-electron chi connectivity index (χ0n) is 12.4. The molecule has 0 atom stereocenters. The van der Waals surface area contributed by atoms with E-state index < -0.39 is 0 Å². The van der Waals surface area contributed by atoms with Crippen LogP contribution in [0.15, 0.2) is 36.4 Å². The quantitative estimate of drug-likeness (QED) is 0.863. The van der Waals surface area contributed by atoms with E-state index in [9.17, 15) is 0 Å². The molecule has 20 heavy (non-hydrogen) atoms. The molecule has 2 N–H and O–H groups in total. The lowest BCUT2D eigenvalue weighted by Gasteiger charge is -2.24. The highest BCUT2D eigenvalue weighted by Crippen LogP contribution is 2.29. The topological polar surface area (TPSA) is 29.3 Å². The van der Waals surface area contributed by atoms with Crippen molar-refractivity contribution < 1.29 is 0 Å². The number of rotatable bonds is 3. The van der Waals surface area contributed by atoms with Crippen LogP contribution in [0, 0.1) is 20.8 Å². The van der Waals surface area contributed by atoms with Gasteiger partial charge in [-0.2, -0.15) is 0 Å². The van der Waals surface area contributed by atoms with Crippen molar-refractivity contribution >= 4 is 28.6 Å². The van der Waals surface area contributed by atoms with Gasteiger partial charge in [0.15, 0.2) is 0 Å². The average Bonchev–Trinajstić information content (AvgIpc) is 2.36. The van der Waals surface area contributed by atoms with Gasteiger partial charge < -0.3 is 10.6 Å². The van der Waals surface area contributed by atoms with Gasteiger partial charge in [0, 0.05) is 18.3 Å². The van der Waals surface area contributed by atoms with Gasteiger partial charge in [0.05, 0.1) is 5.69 Å². The fraction of sp³-hybridized carbons (Fsp3) is 0.235. The van der Waals surface area contributed by atoms with Gasteiger partial charge >= 0.3 is 0 Å². The van der Waals surface area contributed by atoms with Crippen LogP contribution in [0.3, 0.4) is 0 Å². The summed E-state index contributed by atoms with van der Waals surface area (Å²) in [5.41, 5.74) is 12.6. The van der Waals surface area contributed by atoms with Crippen LogP contribution >= 0.6 is 12.2 Å². The molecule has 0 saturated heterocycles. The summed E-state index contributed by atoms with van der Waals surface area (Å²) in [6.45, 7) is 6.28. The SMILES string of the molecule is Cc1cc(C)cc(N(C)c2cc(C)ccc2C(N)=S)c1. The predicted molar refractivity (Wildman–Crippen MR) is 91.0 cm³/mol. The van der Waals surface area contributed by atoms with E-state index >= 15 is 0 Å². The van der Waals surface area contributed by atoms with Crippen molar-refractivity contribution in [2.75, 3.05) is 11.9 Å². The van der Waals surface area contributed by atoms with E-state index in [0.29, 0.717) is 4.99 Å². The minimum Gasteiger partial charge on any atom is -0.389 e. The second-order valence-corrected chi connectivity index (χ2v) is 5.73. The Morgan fingerprint density at radius 1 is 0.950 bits per heavy atom. The van der Waals surface area contributed by atoms with E-state index in [1.54, 1.807) is 0 Å². The molecule has 104 valence electrons. The van der Waals surface area contributed by atoms with E-state index in [-0.39, 0.29) is 0 Å². The van der Waals surface area contributed by atoms with Crippen molar-refractivity contribution in [1.82, 2.24) is 0 Å². The lowest BCUT2D eigenvalue weighted by molar-refractivity contribution is 1.18. The lowest BCUT2D eigenvalue weighted by atomic mass is 10.1. The number of hydrogen-bond donors (Lipinski definition) is 1. The second kappa shape index (κ2) is 5.63. The molecular weight excluding hydrogens is 264 g/mol. The molecule has 0 aliphatic rings. The van der Waals surface area contributed by atoms with Crippen molar-refractivity contribution in [2.45, 2.75) is 20.8 Å². The first kappa shape index (κ1) is 14.5. The summed E-state index contributed by atoms with van der Waals surface area (Å²) in [5.74, 6) is 0. The first-order chi connectivity index (χ1) is 9.38. The van der Waals surface area contributed by atoms with Crippen LogP contribution in [0.5, 0.6) is 0 Å². The molecule has 0 aliphatic heterocycles. The van der Waals surface area contributed by atoms with Gasteiger partial charge in [0.2, 0.25) is 0 Å². The van der Waals surface area contributed by atoms with Crippen LogP contribution in [0.4, 0.5) is 11.4 Å².